The predicted molar refractivity (Wildman–Crippen MR) is 80.5 cm³/mol. The van der Waals surface area contributed by atoms with E-state index in [1.807, 2.05) is 60.7 Å². The van der Waals surface area contributed by atoms with E-state index in [-0.39, 0.29) is 5.84 Å². The normalized spacial score (nSPS) is 10.7. The van der Waals surface area contributed by atoms with Crippen molar-refractivity contribution >= 4 is 33.9 Å². The molecule has 2 rings (SSSR count). The number of nitrogens with one attached hydrogen (secondary N) is 1. The highest BCUT2D eigenvalue weighted by Crippen LogP contribution is 2.15. The summed E-state index contributed by atoms with van der Waals surface area (Å²) in [5, 5.41) is 7.40. The molecule has 0 aromatic heterocycles. The van der Waals surface area contributed by atoms with Crippen molar-refractivity contribution in [3.63, 3.8) is 0 Å². The molecule has 0 spiro atoms. The molecule has 0 aliphatic carbocycles. The molecule has 0 saturated carbocycles. The van der Waals surface area contributed by atoms with Crippen LogP contribution in [0.4, 0.5) is 0 Å². The number of benzene rings is 2. The second kappa shape index (κ2) is 5.65. The van der Waals surface area contributed by atoms with E-state index in [1.54, 1.807) is 0 Å². The van der Waals surface area contributed by atoms with Gasteiger partial charge in [0.1, 0.15) is 5.84 Å². The van der Waals surface area contributed by atoms with Gasteiger partial charge in [-0.25, -0.2) is 0 Å². The van der Waals surface area contributed by atoms with Gasteiger partial charge < -0.3 is 5.73 Å². The zero-order valence-corrected chi connectivity index (χ0v) is 11.3. The van der Waals surface area contributed by atoms with Gasteiger partial charge in [0.05, 0.1) is 0 Å². The minimum absolute atomic E-state index is 0.0905. The zero-order chi connectivity index (χ0) is 13.0. The van der Waals surface area contributed by atoms with Crippen LogP contribution >= 0.6 is 15.9 Å². The van der Waals surface area contributed by atoms with Crippen molar-refractivity contribution in [1.29, 1.82) is 5.41 Å². The summed E-state index contributed by atoms with van der Waals surface area (Å²) in [6.45, 7) is 0. The van der Waals surface area contributed by atoms with Crippen molar-refractivity contribution in [2.45, 2.75) is 0 Å². The highest BCUT2D eigenvalue weighted by molar-refractivity contribution is 9.10. The Hall–Kier alpha value is -1.87. The molecule has 0 radical (unpaired) electrons. The summed E-state index contributed by atoms with van der Waals surface area (Å²) in [6.07, 6.45) is 4.04. The van der Waals surface area contributed by atoms with Crippen LogP contribution in [0.5, 0.6) is 0 Å². The monoisotopic (exact) mass is 300 g/mol. The van der Waals surface area contributed by atoms with E-state index >= 15 is 0 Å². The Bertz CT molecular complexity index is 603. The summed E-state index contributed by atoms with van der Waals surface area (Å²) in [4.78, 5) is 0. The first-order valence-electron chi connectivity index (χ1n) is 5.53. The van der Waals surface area contributed by atoms with Crippen LogP contribution in [0, 0.1) is 5.41 Å². The van der Waals surface area contributed by atoms with E-state index < -0.39 is 0 Å². The first-order valence-corrected chi connectivity index (χ1v) is 6.32. The summed E-state index contributed by atoms with van der Waals surface area (Å²) >= 11 is 3.44. The molecule has 90 valence electrons. The second-order valence-corrected chi connectivity index (χ2v) is 4.84. The lowest BCUT2D eigenvalue weighted by Crippen LogP contribution is -2.10. The molecule has 0 heterocycles. The van der Waals surface area contributed by atoms with E-state index in [2.05, 4.69) is 15.9 Å². The maximum absolute atomic E-state index is 7.40. The van der Waals surface area contributed by atoms with Crippen molar-refractivity contribution in [2.75, 3.05) is 0 Å². The largest absolute Gasteiger partial charge is 0.384 e. The Kier molecular flexibility index (Phi) is 3.95. The predicted octanol–water partition coefficient (Wildman–Crippen LogP) is 3.90. The van der Waals surface area contributed by atoms with Crippen LogP contribution in [-0.2, 0) is 0 Å². The van der Waals surface area contributed by atoms with E-state index in [0.717, 1.165) is 21.2 Å². The van der Waals surface area contributed by atoms with E-state index in [0.29, 0.717) is 0 Å². The van der Waals surface area contributed by atoms with Crippen molar-refractivity contribution < 1.29 is 0 Å². The van der Waals surface area contributed by atoms with Gasteiger partial charge in [0.15, 0.2) is 0 Å². The van der Waals surface area contributed by atoms with Gasteiger partial charge in [-0.2, -0.15) is 0 Å². The van der Waals surface area contributed by atoms with Crippen LogP contribution in [-0.4, -0.2) is 5.84 Å². The molecule has 3 N–H and O–H groups in total. The highest BCUT2D eigenvalue weighted by atomic mass is 79.9. The molecule has 2 nitrogen and oxygen atoms in total. The van der Waals surface area contributed by atoms with Crippen LogP contribution in [0.1, 0.15) is 16.7 Å². The Morgan fingerprint density at radius 1 is 1.00 bits per heavy atom. The molecule has 0 amide bonds. The molecule has 18 heavy (non-hydrogen) atoms. The smallest absolute Gasteiger partial charge is 0.122 e. The van der Waals surface area contributed by atoms with Crippen LogP contribution < -0.4 is 5.73 Å². The fourth-order valence-corrected chi connectivity index (χ4v) is 2.03. The third-order valence-electron chi connectivity index (χ3n) is 2.51. The van der Waals surface area contributed by atoms with E-state index in [4.69, 9.17) is 11.1 Å². The van der Waals surface area contributed by atoms with E-state index in [1.165, 1.54) is 0 Å². The lowest BCUT2D eigenvalue weighted by Gasteiger charge is -2.00. The summed E-state index contributed by atoms with van der Waals surface area (Å²) in [5.41, 5.74) is 8.36. The molecule has 0 bridgehead atoms. The summed E-state index contributed by atoms with van der Waals surface area (Å²) < 4.78 is 1.06. The molecule has 0 unspecified atom stereocenters. The minimum Gasteiger partial charge on any atom is -0.384 e. The van der Waals surface area contributed by atoms with Crippen LogP contribution in [0.25, 0.3) is 12.2 Å². The van der Waals surface area contributed by atoms with Crippen molar-refractivity contribution in [3.8, 4) is 0 Å². The number of rotatable bonds is 3. The fourth-order valence-electron chi connectivity index (χ4n) is 1.61. The third kappa shape index (κ3) is 3.31. The Balaban J connectivity index is 2.23. The summed E-state index contributed by atoms with van der Waals surface area (Å²) in [5.74, 6) is 0.0905. The molecule has 0 saturated heterocycles. The van der Waals surface area contributed by atoms with Gasteiger partial charge in [0.2, 0.25) is 0 Å². The van der Waals surface area contributed by atoms with Gasteiger partial charge in [-0.1, -0.05) is 58.4 Å². The van der Waals surface area contributed by atoms with Crippen LogP contribution in [0.3, 0.4) is 0 Å². The van der Waals surface area contributed by atoms with E-state index in [9.17, 15) is 0 Å². The van der Waals surface area contributed by atoms with Crippen molar-refractivity contribution in [2.24, 2.45) is 5.73 Å². The number of nitrogen functional groups attached to an aromatic ring is 1. The molecular formula is C15H13BrN2. The van der Waals surface area contributed by atoms with Gasteiger partial charge in [0, 0.05) is 10.0 Å². The van der Waals surface area contributed by atoms with Gasteiger partial charge in [0.25, 0.3) is 0 Å². The summed E-state index contributed by atoms with van der Waals surface area (Å²) in [7, 11) is 0. The molecule has 2 aromatic rings. The van der Waals surface area contributed by atoms with Gasteiger partial charge in [-0.05, 0) is 29.3 Å². The van der Waals surface area contributed by atoms with Gasteiger partial charge in [-0.15, -0.1) is 0 Å². The maximum atomic E-state index is 7.40. The number of hydrogen-bond donors (Lipinski definition) is 2. The SMILES string of the molecule is N=C(N)c1cccc(C=Cc2cccc(Br)c2)c1. The average molecular weight is 301 g/mol. The van der Waals surface area contributed by atoms with Crippen molar-refractivity contribution in [3.05, 3.63) is 69.7 Å². The first kappa shape index (κ1) is 12.6. The number of amidine groups is 1. The first-order chi connectivity index (χ1) is 8.65. The number of nitrogens with two attached hydrogens (primary N) is 1. The third-order valence-corrected chi connectivity index (χ3v) is 3.01. The van der Waals surface area contributed by atoms with Crippen LogP contribution in [0.15, 0.2) is 53.0 Å². The Morgan fingerprint density at radius 3 is 2.22 bits per heavy atom. The lowest BCUT2D eigenvalue weighted by molar-refractivity contribution is 1.42. The maximum Gasteiger partial charge on any atom is 0.122 e. The fraction of sp³-hybridized carbons (Fsp3) is 0. The van der Waals surface area contributed by atoms with Gasteiger partial charge >= 0.3 is 0 Å². The molecule has 3 heteroatoms. The molecular weight excluding hydrogens is 288 g/mol. The molecule has 0 fully saturated rings. The average Bonchev–Trinajstić information content (AvgIpc) is 2.37. The number of hydrogen-bond acceptors (Lipinski definition) is 1. The Morgan fingerprint density at radius 2 is 1.61 bits per heavy atom. The minimum atomic E-state index is 0.0905. The Labute approximate surface area is 115 Å². The molecule has 0 aliphatic heterocycles. The molecule has 0 atom stereocenters. The molecule has 0 aliphatic rings. The second-order valence-electron chi connectivity index (χ2n) is 3.93. The standard InChI is InChI=1S/C15H13BrN2/c16-14-6-2-4-12(10-14)8-7-11-3-1-5-13(9-11)15(17)18/h1-10H,(H3,17,18). The quantitative estimate of drug-likeness (QED) is 0.504. The van der Waals surface area contributed by atoms with Crippen molar-refractivity contribution in [1.82, 2.24) is 0 Å². The topological polar surface area (TPSA) is 49.9 Å². The van der Waals surface area contributed by atoms with Crippen LogP contribution in [0.2, 0.25) is 0 Å². The lowest BCUT2D eigenvalue weighted by atomic mass is 10.1. The number of halogens is 1. The summed E-state index contributed by atoms with van der Waals surface area (Å²) in [6, 6.07) is 15.7. The highest BCUT2D eigenvalue weighted by Gasteiger charge is 1.96. The zero-order valence-electron chi connectivity index (χ0n) is 9.73. The van der Waals surface area contributed by atoms with Gasteiger partial charge in [-0.3, -0.25) is 5.41 Å². The molecule has 2 aromatic carbocycles.